The second kappa shape index (κ2) is 14.9. The highest BCUT2D eigenvalue weighted by molar-refractivity contribution is 7.99. The Morgan fingerprint density at radius 2 is 1.82 bits per heavy atom. The Bertz CT molecular complexity index is 989. The fourth-order valence-corrected chi connectivity index (χ4v) is 6.28. The van der Waals surface area contributed by atoms with Gasteiger partial charge in [-0.15, -0.1) is 10.2 Å². The van der Waals surface area contributed by atoms with Crippen molar-refractivity contribution in [3.63, 3.8) is 0 Å². The van der Waals surface area contributed by atoms with Crippen LogP contribution >= 0.6 is 11.8 Å². The van der Waals surface area contributed by atoms with Gasteiger partial charge in [-0.1, -0.05) is 84.7 Å². The summed E-state index contributed by atoms with van der Waals surface area (Å²) in [6, 6.07) is 8.42. The van der Waals surface area contributed by atoms with Crippen LogP contribution in [0, 0.1) is 23.7 Å². The van der Waals surface area contributed by atoms with Gasteiger partial charge >= 0.3 is 5.97 Å². The molecule has 0 N–H and O–H groups in total. The molecule has 4 atom stereocenters. The predicted molar refractivity (Wildman–Crippen MR) is 156 cm³/mol. The van der Waals surface area contributed by atoms with Crippen molar-refractivity contribution in [2.45, 2.75) is 117 Å². The van der Waals surface area contributed by atoms with Crippen molar-refractivity contribution in [1.82, 2.24) is 14.8 Å². The van der Waals surface area contributed by atoms with E-state index in [1.54, 1.807) is 0 Å². The predicted octanol–water partition coefficient (Wildman–Crippen LogP) is 7.90. The van der Waals surface area contributed by atoms with Gasteiger partial charge in [0.1, 0.15) is 18.5 Å². The molecule has 0 unspecified atom stereocenters. The van der Waals surface area contributed by atoms with Crippen molar-refractivity contribution in [2.24, 2.45) is 23.7 Å². The van der Waals surface area contributed by atoms with Crippen molar-refractivity contribution in [3.05, 3.63) is 35.7 Å². The van der Waals surface area contributed by atoms with Crippen LogP contribution in [0.2, 0.25) is 0 Å². The molecule has 0 aliphatic heterocycles. The SMILES string of the molecule is CCc1ccc(OCc2nnc(SCC(=O)O[C@@H]3C[C@H](C)CC[C@@H]3C(C)C)n2[C@@H](C)CCCC(C)C)cc1. The Labute approximate surface area is 234 Å². The van der Waals surface area contributed by atoms with Crippen molar-refractivity contribution < 1.29 is 14.3 Å². The number of benzene rings is 1. The zero-order valence-electron chi connectivity index (χ0n) is 24.6. The monoisotopic (exact) mass is 543 g/mol. The van der Waals surface area contributed by atoms with Gasteiger partial charge in [-0.05, 0) is 74.0 Å². The van der Waals surface area contributed by atoms with E-state index in [0.717, 1.165) is 48.8 Å². The second-order valence-electron chi connectivity index (χ2n) is 11.9. The minimum Gasteiger partial charge on any atom is -0.486 e. The van der Waals surface area contributed by atoms with Crippen LogP contribution in [0.5, 0.6) is 5.75 Å². The van der Waals surface area contributed by atoms with E-state index in [4.69, 9.17) is 9.47 Å². The summed E-state index contributed by atoms with van der Waals surface area (Å²) < 4.78 is 14.3. The van der Waals surface area contributed by atoms with Gasteiger partial charge in [-0.2, -0.15) is 0 Å². The molecular weight excluding hydrogens is 494 g/mol. The summed E-state index contributed by atoms with van der Waals surface area (Å²) in [6.07, 6.45) is 7.69. The molecule has 1 aromatic heterocycles. The first-order chi connectivity index (χ1) is 18.2. The molecule has 7 heteroatoms. The van der Waals surface area contributed by atoms with Crippen LogP contribution < -0.4 is 4.74 Å². The lowest BCUT2D eigenvalue weighted by molar-refractivity contribution is -0.152. The van der Waals surface area contributed by atoms with E-state index in [2.05, 4.69) is 75.4 Å². The van der Waals surface area contributed by atoms with Gasteiger partial charge < -0.3 is 14.0 Å². The molecule has 6 nitrogen and oxygen atoms in total. The quantitative estimate of drug-likeness (QED) is 0.178. The topological polar surface area (TPSA) is 66.2 Å². The van der Waals surface area contributed by atoms with Crippen LogP contribution in [0.4, 0.5) is 0 Å². The molecule has 1 saturated carbocycles. The van der Waals surface area contributed by atoms with Crippen LogP contribution in [0.3, 0.4) is 0 Å². The van der Waals surface area contributed by atoms with E-state index in [0.29, 0.717) is 30.3 Å². The largest absolute Gasteiger partial charge is 0.486 e. The summed E-state index contributed by atoms with van der Waals surface area (Å²) in [5.41, 5.74) is 1.28. The number of carbonyl (C=O) groups excluding carboxylic acids is 1. The summed E-state index contributed by atoms with van der Waals surface area (Å²) in [4.78, 5) is 12.9. The number of aryl methyl sites for hydroxylation is 1. The summed E-state index contributed by atoms with van der Waals surface area (Å²) in [5, 5.41) is 9.73. The Morgan fingerprint density at radius 3 is 2.47 bits per heavy atom. The lowest BCUT2D eigenvalue weighted by atomic mass is 9.75. The zero-order chi connectivity index (χ0) is 27.7. The molecule has 0 saturated heterocycles. The number of carbonyl (C=O) groups is 1. The van der Waals surface area contributed by atoms with Crippen LogP contribution in [0.15, 0.2) is 29.4 Å². The minimum absolute atomic E-state index is 0.0164. The number of hydrogen-bond acceptors (Lipinski definition) is 6. The van der Waals surface area contributed by atoms with Crippen LogP contribution in [0.1, 0.15) is 104 Å². The van der Waals surface area contributed by atoms with Crippen LogP contribution in [-0.4, -0.2) is 32.6 Å². The Hall–Kier alpha value is -2.02. The van der Waals surface area contributed by atoms with E-state index >= 15 is 0 Å². The molecule has 1 aromatic carbocycles. The molecule has 1 aliphatic rings. The number of ether oxygens (including phenoxy) is 2. The highest BCUT2D eigenvalue weighted by atomic mass is 32.2. The normalized spacial score (nSPS) is 20.6. The minimum atomic E-state index is -0.157. The highest BCUT2D eigenvalue weighted by Gasteiger charge is 2.33. The third-order valence-corrected chi connectivity index (χ3v) is 8.76. The van der Waals surface area contributed by atoms with E-state index in [1.807, 2.05) is 12.1 Å². The van der Waals surface area contributed by atoms with Crippen LogP contribution in [0.25, 0.3) is 0 Å². The standard InChI is InChI=1S/C31H49N3O3S/c1-8-25-13-15-26(16-14-25)36-19-29-32-33-31(34(29)24(7)11-9-10-21(2)3)38-20-30(35)37-28-18-23(6)12-17-27(28)22(4)5/h13-16,21-24,27-28H,8-12,17-20H2,1-7H3/t23-,24+,27-,28-/m1/s1. The molecule has 1 heterocycles. The molecule has 2 aromatic rings. The van der Waals surface area contributed by atoms with Crippen LogP contribution in [-0.2, 0) is 22.6 Å². The lowest BCUT2D eigenvalue weighted by Gasteiger charge is -2.36. The van der Waals surface area contributed by atoms with Crippen molar-refractivity contribution in [1.29, 1.82) is 0 Å². The summed E-state index contributed by atoms with van der Waals surface area (Å²) >= 11 is 1.43. The molecule has 0 bridgehead atoms. The molecule has 0 spiro atoms. The van der Waals surface area contributed by atoms with E-state index in [-0.39, 0.29) is 23.9 Å². The first kappa shape index (κ1) is 30.5. The molecule has 38 heavy (non-hydrogen) atoms. The average Bonchev–Trinajstić information content (AvgIpc) is 3.29. The molecular formula is C31H49N3O3S. The third-order valence-electron chi connectivity index (χ3n) is 7.84. The fourth-order valence-electron chi connectivity index (χ4n) is 5.44. The van der Waals surface area contributed by atoms with Gasteiger partial charge in [0.15, 0.2) is 11.0 Å². The second-order valence-corrected chi connectivity index (χ2v) is 12.8. The Kier molecular flexibility index (Phi) is 12.0. The highest BCUT2D eigenvalue weighted by Crippen LogP contribution is 2.36. The Balaban J connectivity index is 1.67. The summed E-state index contributed by atoms with van der Waals surface area (Å²) in [6.45, 7) is 16.0. The first-order valence-corrected chi connectivity index (χ1v) is 15.6. The lowest BCUT2D eigenvalue weighted by Crippen LogP contribution is -2.36. The molecule has 212 valence electrons. The van der Waals surface area contributed by atoms with E-state index in [9.17, 15) is 4.79 Å². The van der Waals surface area contributed by atoms with Gasteiger partial charge in [0, 0.05) is 6.04 Å². The van der Waals surface area contributed by atoms with Crippen molar-refractivity contribution in [2.75, 3.05) is 5.75 Å². The van der Waals surface area contributed by atoms with Gasteiger partial charge in [0.2, 0.25) is 0 Å². The molecule has 0 amide bonds. The molecule has 0 radical (unpaired) electrons. The average molecular weight is 544 g/mol. The van der Waals surface area contributed by atoms with Crippen molar-refractivity contribution in [3.8, 4) is 5.75 Å². The van der Waals surface area contributed by atoms with Crippen molar-refractivity contribution >= 4 is 17.7 Å². The van der Waals surface area contributed by atoms with E-state index in [1.165, 1.54) is 30.2 Å². The maximum Gasteiger partial charge on any atom is 0.316 e. The smallest absolute Gasteiger partial charge is 0.316 e. The Morgan fingerprint density at radius 1 is 1.08 bits per heavy atom. The number of thioether (sulfide) groups is 1. The van der Waals surface area contributed by atoms with E-state index < -0.39 is 0 Å². The number of nitrogens with zero attached hydrogens (tertiary/aromatic N) is 3. The maximum atomic E-state index is 12.9. The summed E-state index contributed by atoms with van der Waals surface area (Å²) in [7, 11) is 0. The maximum absolute atomic E-state index is 12.9. The first-order valence-electron chi connectivity index (χ1n) is 14.7. The number of rotatable bonds is 14. The van der Waals surface area contributed by atoms with Gasteiger partial charge in [-0.3, -0.25) is 4.79 Å². The summed E-state index contributed by atoms with van der Waals surface area (Å²) in [5.74, 6) is 3.94. The van der Waals surface area contributed by atoms with Gasteiger partial charge in [-0.25, -0.2) is 0 Å². The molecule has 3 rings (SSSR count). The number of aromatic nitrogens is 3. The number of hydrogen-bond donors (Lipinski definition) is 0. The zero-order valence-corrected chi connectivity index (χ0v) is 25.4. The molecule has 1 fully saturated rings. The third kappa shape index (κ3) is 9.03. The number of esters is 1. The van der Waals surface area contributed by atoms with Gasteiger partial charge in [0.25, 0.3) is 0 Å². The fraction of sp³-hybridized carbons (Fsp3) is 0.710. The molecule has 1 aliphatic carbocycles. The van der Waals surface area contributed by atoms with Gasteiger partial charge in [0.05, 0.1) is 5.75 Å².